The van der Waals surface area contributed by atoms with Crippen LogP contribution in [0.5, 0.6) is 0 Å². The van der Waals surface area contributed by atoms with Crippen molar-refractivity contribution in [3.05, 3.63) is 18.7 Å². The molecule has 72 valence electrons. The van der Waals surface area contributed by atoms with Crippen LogP contribution < -0.4 is 5.32 Å². The molecule has 1 aromatic rings. The summed E-state index contributed by atoms with van der Waals surface area (Å²) in [4.78, 5) is 15.1. The largest absolute Gasteiger partial charge is 0.394 e. The third-order valence-corrected chi connectivity index (χ3v) is 1.58. The highest BCUT2D eigenvalue weighted by Gasteiger charge is 2.19. The average molecular weight is 183 g/mol. The van der Waals surface area contributed by atoms with E-state index in [0.717, 1.165) is 0 Å². The number of carbonyl (C=O) groups excluding carboxylic acids is 1. The van der Waals surface area contributed by atoms with Crippen LogP contribution in [-0.4, -0.2) is 32.8 Å². The van der Waals surface area contributed by atoms with Crippen molar-refractivity contribution in [2.45, 2.75) is 19.4 Å². The number of nitrogens with zero attached hydrogens (tertiary/aromatic N) is 2. The molecule has 0 unspecified atom stereocenters. The summed E-state index contributed by atoms with van der Waals surface area (Å²) >= 11 is 0. The Morgan fingerprint density at radius 2 is 2.38 bits per heavy atom. The van der Waals surface area contributed by atoms with Gasteiger partial charge < -0.3 is 10.4 Å². The Morgan fingerprint density at radius 3 is 2.85 bits per heavy atom. The molecule has 0 saturated carbocycles. The van der Waals surface area contributed by atoms with Crippen molar-refractivity contribution in [2.24, 2.45) is 0 Å². The van der Waals surface area contributed by atoms with Gasteiger partial charge in [-0.1, -0.05) is 0 Å². The lowest BCUT2D eigenvalue weighted by atomic mass is 10.1. The molecule has 2 N–H and O–H groups in total. The summed E-state index contributed by atoms with van der Waals surface area (Å²) in [5.41, 5.74) is -0.610. The number of nitrogens with one attached hydrogen (secondary N) is 1. The first-order valence-electron chi connectivity index (χ1n) is 3.96. The van der Waals surface area contributed by atoms with Gasteiger partial charge in [-0.05, 0) is 13.8 Å². The number of aliphatic hydroxyl groups is 1. The number of hydrogen-bond donors (Lipinski definition) is 2. The van der Waals surface area contributed by atoms with Gasteiger partial charge in [-0.3, -0.25) is 4.57 Å². The van der Waals surface area contributed by atoms with Gasteiger partial charge in [0, 0.05) is 12.4 Å². The van der Waals surface area contributed by atoms with Gasteiger partial charge in [0.1, 0.15) is 6.33 Å². The lowest BCUT2D eigenvalue weighted by Crippen LogP contribution is -2.47. The maximum Gasteiger partial charge on any atom is 0.327 e. The summed E-state index contributed by atoms with van der Waals surface area (Å²) < 4.78 is 1.32. The molecule has 0 saturated heterocycles. The molecule has 1 aromatic heterocycles. The van der Waals surface area contributed by atoms with Crippen LogP contribution in [0.15, 0.2) is 18.7 Å². The van der Waals surface area contributed by atoms with Crippen molar-refractivity contribution in [2.75, 3.05) is 6.61 Å². The second-order valence-corrected chi connectivity index (χ2v) is 3.44. The minimum absolute atomic E-state index is 0.104. The Kier molecular flexibility index (Phi) is 2.67. The highest BCUT2D eigenvalue weighted by Crippen LogP contribution is 2.00. The molecule has 5 heteroatoms. The predicted molar refractivity (Wildman–Crippen MR) is 47.3 cm³/mol. The number of imidazole rings is 1. The third-order valence-electron chi connectivity index (χ3n) is 1.58. The molecule has 1 amide bonds. The molecule has 0 spiro atoms. The first kappa shape index (κ1) is 9.73. The predicted octanol–water partition coefficient (Wildman–Crippen LogP) is 0.212. The summed E-state index contributed by atoms with van der Waals surface area (Å²) in [7, 11) is 0. The van der Waals surface area contributed by atoms with E-state index in [0.29, 0.717) is 0 Å². The lowest BCUT2D eigenvalue weighted by molar-refractivity contribution is 0.182. The Morgan fingerprint density at radius 1 is 1.69 bits per heavy atom. The second kappa shape index (κ2) is 3.57. The fourth-order valence-electron chi connectivity index (χ4n) is 0.773. The number of carbonyl (C=O) groups is 1. The number of aromatic nitrogens is 2. The van der Waals surface area contributed by atoms with Gasteiger partial charge in [-0.2, -0.15) is 0 Å². The maximum atomic E-state index is 11.4. The molecular formula is C8H13N3O2. The van der Waals surface area contributed by atoms with Gasteiger partial charge in [-0.25, -0.2) is 9.78 Å². The highest BCUT2D eigenvalue weighted by atomic mass is 16.3. The number of rotatable bonds is 2. The standard InChI is InChI=1S/C8H13N3O2/c1-8(2,5-12)10-7(13)11-4-3-9-6-11/h3-4,6,12H,5H2,1-2H3,(H,10,13). The summed E-state index contributed by atoms with van der Waals surface area (Å²) in [5, 5.41) is 11.5. The van der Waals surface area contributed by atoms with Gasteiger partial charge in [0.2, 0.25) is 0 Å². The maximum absolute atomic E-state index is 11.4. The topological polar surface area (TPSA) is 67.2 Å². The van der Waals surface area contributed by atoms with E-state index in [-0.39, 0.29) is 12.6 Å². The van der Waals surface area contributed by atoms with E-state index in [2.05, 4.69) is 10.3 Å². The molecule has 0 aliphatic heterocycles. The Hall–Kier alpha value is -1.36. The van der Waals surface area contributed by atoms with Crippen molar-refractivity contribution >= 4 is 6.03 Å². The van der Waals surface area contributed by atoms with Crippen molar-refractivity contribution < 1.29 is 9.90 Å². The molecule has 5 nitrogen and oxygen atoms in total. The lowest BCUT2D eigenvalue weighted by Gasteiger charge is -2.23. The Bertz CT molecular complexity index is 280. The second-order valence-electron chi connectivity index (χ2n) is 3.44. The van der Waals surface area contributed by atoms with E-state index >= 15 is 0 Å². The van der Waals surface area contributed by atoms with E-state index in [1.165, 1.54) is 17.1 Å². The van der Waals surface area contributed by atoms with Crippen LogP contribution in [0.4, 0.5) is 4.79 Å². The van der Waals surface area contributed by atoms with Crippen LogP contribution in [0.2, 0.25) is 0 Å². The fraction of sp³-hybridized carbons (Fsp3) is 0.500. The molecule has 0 fully saturated rings. The molecule has 0 aromatic carbocycles. The first-order valence-corrected chi connectivity index (χ1v) is 3.96. The molecule has 0 aliphatic rings. The molecular weight excluding hydrogens is 170 g/mol. The van der Waals surface area contributed by atoms with E-state index in [4.69, 9.17) is 5.11 Å². The zero-order chi connectivity index (χ0) is 9.90. The monoisotopic (exact) mass is 183 g/mol. The van der Waals surface area contributed by atoms with Gasteiger partial charge in [-0.15, -0.1) is 0 Å². The van der Waals surface area contributed by atoms with Crippen molar-refractivity contribution in [1.29, 1.82) is 0 Å². The smallest absolute Gasteiger partial charge is 0.327 e. The average Bonchev–Trinajstić information content (AvgIpc) is 2.55. The number of amides is 1. The van der Waals surface area contributed by atoms with Crippen LogP contribution in [-0.2, 0) is 0 Å². The SMILES string of the molecule is CC(C)(CO)NC(=O)n1ccnc1. The molecule has 13 heavy (non-hydrogen) atoms. The minimum atomic E-state index is -0.610. The van der Waals surface area contributed by atoms with E-state index in [1.54, 1.807) is 20.0 Å². The van der Waals surface area contributed by atoms with E-state index < -0.39 is 5.54 Å². The quantitative estimate of drug-likeness (QED) is 0.688. The molecule has 1 heterocycles. The van der Waals surface area contributed by atoms with Crippen LogP contribution >= 0.6 is 0 Å². The molecule has 1 rings (SSSR count). The highest BCUT2D eigenvalue weighted by molar-refractivity contribution is 5.77. The van der Waals surface area contributed by atoms with Gasteiger partial charge in [0.25, 0.3) is 0 Å². The van der Waals surface area contributed by atoms with Gasteiger partial charge >= 0.3 is 6.03 Å². The molecule has 0 aliphatic carbocycles. The molecule has 0 radical (unpaired) electrons. The summed E-state index contributed by atoms with van der Waals surface area (Å²) in [6, 6.07) is -0.295. The van der Waals surface area contributed by atoms with Crippen molar-refractivity contribution in [1.82, 2.24) is 14.9 Å². The normalized spacial score (nSPS) is 11.3. The van der Waals surface area contributed by atoms with Crippen LogP contribution in [0, 0.1) is 0 Å². The van der Waals surface area contributed by atoms with E-state index in [9.17, 15) is 4.79 Å². The van der Waals surface area contributed by atoms with Crippen LogP contribution in [0.3, 0.4) is 0 Å². The Labute approximate surface area is 76.4 Å². The van der Waals surface area contributed by atoms with Crippen molar-refractivity contribution in [3.63, 3.8) is 0 Å². The number of hydrogen-bond acceptors (Lipinski definition) is 3. The first-order chi connectivity index (χ1) is 6.05. The summed E-state index contributed by atoms with van der Waals surface area (Å²) in [6.07, 6.45) is 4.47. The van der Waals surface area contributed by atoms with Crippen LogP contribution in [0.1, 0.15) is 13.8 Å². The minimum Gasteiger partial charge on any atom is -0.394 e. The summed E-state index contributed by atoms with van der Waals surface area (Å²) in [5.74, 6) is 0. The molecule has 0 atom stereocenters. The number of aliphatic hydroxyl groups excluding tert-OH is 1. The third kappa shape index (κ3) is 2.55. The van der Waals surface area contributed by atoms with Gasteiger partial charge in [0.05, 0.1) is 12.1 Å². The van der Waals surface area contributed by atoms with E-state index in [1.807, 2.05) is 0 Å². The molecule has 0 bridgehead atoms. The zero-order valence-corrected chi connectivity index (χ0v) is 7.69. The van der Waals surface area contributed by atoms with Crippen molar-refractivity contribution in [3.8, 4) is 0 Å². The Balaban J connectivity index is 2.61. The zero-order valence-electron chi connectivity index (χ0n) is 7.69. The van der Waals surface area contributed by atoms with Gasteiger partial charge in [0.15, 0.2) is 0 Å². The van der Waals surface area contributed by atoms with Crippen LogP contribution in [0.25, 0.3) is 0 Å². The summed E-state index contributed by atoms with van der Waals surface area (Å²) in [6.45, 7) is 3.37. The fourth-order valence-corrected chi connectivity index (χ4v) is 0.773.